The third kappa shape index (κ3) is 3.39. The van der Waals surface area contributed by atoms with Gasteiger partial charge in [-0.2, -0.15) is 13.2 Å². The van der Waals surface area contributed by atoms with Gasteiger partial charge in [-0.25, -0.2) is 0 Å². The summed E-state index contributed by atoms with van der Waals surface area (Å²) < 4.78 is 37.8. The summed E-state index contributed by atoms with van der Waals surface area (Å²) in [6.07, 6.45) is -1.31. The molecule has 19 heavy (non-hydrogen) atoms. The maximum Gasteiger partial charge on any atom is 0.416 e. The molecule has 100 valence electrons. The Morgan fingerprint density at radius 1 is 1.05 bits per heavy atom. The van der Waals surface area contributed by atoms with Crippen molar-refractivity contribution in [1.82, 2.24) is 4.98 Å². The molecule has 1 aromatic heterocycles. The van der Waals surface area contributed by atoms with Crippen LogP contribution < -0.4 is 0 Å². The van der Waals surface area contributed by atoms with Crippen LogP contribution >= 0.6 is 23.2 Å². The predicted octanol–water partition coefficient (Wildman–Crippen LogP) is 5.00. The number of alkyl halides is 3. The van der Waals surface area contributed by atoms with Crippen LogP contribution in [0.25, 0.3) is 0 Å². The number of benzene rings is 1. The van der Waals surface area contributed by atoms with Gasteiger partial charge in [0.25, 0.3) is 0 Å². The van der Waals surface area contributed by atoms with Gasteiger partial charge in [-0.05, 0) is 17.2 Å². The lowest BCUT2D eigenvalue weighted by atomic mass is 10.0. The van der Waals surface area contributed by atoms with Crippen LogP contribution in [-0.2, 0) is 12.6 Å². The van der Waals surface area contributed by atoms with Gasteiger partial charge in [-0.1, -0.05) is 41.4 Å². The molecular weight excluding hydrogens is 298 g/mol. The van der Waals surface area contributed by atoms with Crippen LogP contribution in [-0.4, -0.2) is 4.98 Å². The van der Waals surface area contributed by atoms with Crippen LogP contribution in [0.15, 0.2) is 36.7 Å². The van der Waals surface area contributed by atoms with Crippen LogP contribution in [0, 0.1) is 0 Å². The highest BCUT2D eigenvalue weighted by Gasteiger charge is 2.30. The largest absolute Gasteiger partial charge is 0.416 e. The molecule has 6 heteroatoms. The van der Waals surface area contributed by atoms with Gasteiger partial charge in [0, 0.05) is 18.8 Å². The van der Waals surface area contributed by atoms with Gasteiger partial charge in [-0.3, -0.25) is 4.98 Å². The van der Waals surface area contributed by atoms with Crippen molar-refractivity contribution in [2.75, 3.05) is 0 Å². The van der Waals surface area contributed by atoms with Crippen molar-refractivity contribution in [3.63, 3.8) is 0 Å². The van der Waals surface area contributed by atoms with E-state index in [4.69, 9.17) is 23.2 Å². The summed E-state index contributed by atoms with van der Waals surface area (Å²) in [5, 5.41) is 0.676. The van der Waals surface area contributed by atoms with Gasteiger partial charge in [0.1, 0.15) is 0 Å². The Hall–Kier alpha value is -1.26. The first-order chi connectivity index (χ1) is 8.88. The predicted molar refractivity (Wildman–Crippen MR) is 68.5 cm³/mol. The summed E-state index contributed by atoms with van der Waals surface area (Å²) >= 11 is 11.9. The Labute approximate surface area is 118 Å². The molecule has 0 saturated heterocycles. The average molecular weight is 306 g/mol. The fourth-order valence-electron chi connectivity index (χ4n) is 1.67. The normalized spacial score (nSPS) is 11.6. The first kappa shape index (κ1) is 14.2. The van der Waals surface area contributed by atoms with E-state index in [9.17, 15) is 13.2 Å². The molecule has 0 aliphatic carbocycles. The summed E-state index contributed by atoms with van der Waals surface area (Å²) in [4.78, 5) is 3.80. The smallest absolute Gasteiger partial charge is 0.262 e. The number of hydrogen-bond acceptors (Lipinski definition) is 1. The summed E-state index contributed by atoms with van der Waals surface area (Å²) in [7, 11) is 0. The third-order valence-corrected chi connectivity index (χ3v) is 3.24. The van der Waals surface area contributed by atoms with E-state index >= 15 is 0 Å². The number of nitrogens with zero attached hydrogens (tertiary/aromatic N) is 1. The topological polar surface area (TPSA) is 12.9 Å². The Bertz CT molecular complexity index is 576. The van der Waals surface area contributed by atoms with E-state index < -0.39 is 11.7 Å². The molecule has 0 unspecified atom stereocenters. The lowest BCUT2D eigenvalue weighted by Gasteiger charge is -2.10. The van der Waals surface area contributed by atoms with Crippen LogP contribution in [0.1, 0.15) is 16.7 Å². The summed E-state index contributed by atoms with van der Waals surface area (Å²) in [5.41, 5.74) is 0.369. The molecule has 0 saturated carbocycles. The number of aromatic nitrogens is 1. The molecule has 0 spiro atoms. The minimum atomic E-state index is -4.36. The lowest BCUT2D eigenvalue weighted by Crippen LogP contribution is -2.05. The molecule has 0 radical (unpaired) electrons. The fourth-order valence-corrected chi connectivity index (χ4v) is 2.17. The van der Waals surface area contributed by atoms with Crippen molar-refractivity contribution < 1.29 is 13.2 Å². The molecule has 2 rings (SSSR count). The molecule has 1 nitrogen and oxygen atoms in total. The Morgan fingerprint density at radius 3 is 2.26 bits per heavy atom. The molecule has 1 heterocycles. The highest BCUT2D eigenvalue weighted by Crippen LogP contribution is 2.31. The maximum absolute atomic E-state index is 12.6. The standard InChI is InChI=1S/C13H8Cl2F3N/c14-11-6-19-7-12(15)10(11)5-8-2-1-3-9(4-8)13(16,17)18/h1-4,6-7H,5H2. The third-order valence-electron chi connectivity index (χ3n) is 2.59. The first-order valence-electron chi connectivity index (χ1n) is 5.32. The Balaban J connectivity index is 2.34. The van der Waals surface area contributed by atoms with Gasteiger partial charge in [0.2, 0.25) is 0 Å². The van der Waals surface area contributed by atoms with Crippen molar-refractivity contribution in [1.29, 1.82) is 0 Å². The zero-order valence-electron chi connectivity index (χ0n) is 9.51. The summed E-state index contributed by atoms with van der Waals surface area (Å²) in [6.45, 7) is 0. The van der Waals surface area contributed by atoms with Gasteiger partial charge < -0.3 is 0 Å². The van der Waals surface area contributed by atoms with E-state index in [1.54, 1.807) is 6.07 Å². The molecule has 0 amide bonds. The minimum Gasteiger partial charge on any atom is -0.262 e. The first-order valence-corrected chi connectivity index (χ1v) is 6.07. The highest BCUT2D eigenvalue weighted by molar-refractivity contribution is 6.35. The second kappa shape index (κ2) is 5.39. The molecule has 0 bridgehead atoms. The second-order valence-electron chi connectivity index (χ2n) is 3.96. The molecule has 0 aliphatic rings. The van der Waals surface area contributed by atoms with E-state index in [1.165, 1.54) is 18.5 Å². The molecule has 1 aromatic carbocycles. The zero-order chi connectivity index (χ0) is 14.0. The van der Waals surface area contributed by atoms with E-state index in [1.807, 2.05) is 0 Å². The number of rotatable bonds is 2. The monoisotopic (exact) mass is 305 g/mol. The molecular formula is C13H8Cl2F3N. The summed E-state index contributed by atoms with van der Waals surface area (Å²) in [5.74, 6) is 0. The van der Waals surface area contributed by atoms with Crippen molar-refractivity contribution in [3.8, 4) is 0 Å². The summed E-state index contributed by atoms with van der Waals surface area (Å²) in [6, 6.07) is 5.08. The molecule has 0 atom stereocenters. The second-order valence-corrected chi connectivity index (χ2v) is 4.77. The van der Waals surface area contributed by atoms with Gasteiger partial charge in [0.15, 0.2) is 0 Å². The fraction of sp³-hybridized carbons (Fsp3) is 0.154. The number of hydrogen-bond donors (Lipinski definition) is 0. The van der Waals surface area contributed by atoms with E-state index in [0.29, 0.717) is 21.2 Å². The Kier molecular flexibility index (Phi) is 4.02. The number of pyridine rings is 1. The maximum atomic E-state index is 12.6. The van der Waals surface area contributed by atoms with Gasteiger partial charge >= 0.3 is 6.18 Å². The minimum absolute atomic E-state index is 0.226. The Morgan fingerprint density at radius 2 is 1.68 bits per heavy atom. The quantitative estimate of drug-likeness (QED) is 0.761. The number of halogens is 5. The highest BCUT2D eigenvalue weighted by atomic mass is 35.5. The van der Waals surface area contributed by atoms with E-state index in [2.05, 4.69) is 4.98 Å². The SMILES string of the molecule is FC(F)(F)c1cccc(Cc2c(Cl)cncc2Cl)c1. The van der Waals surface area contributed by atoms with Crippen molar-refractivity contribution in [3.05, 3.63) is 63.4 Å². The van der Waals surface area contributed by atoms with Gasteiger partial charge in [0.05, 0.1) is 15.6 Å². The van der Waals surface area contributed by atoms with Crippen molar-refractivity contribution >= 4 is 23.2 Å². The molecule has 0 fully saturated rings. The average Bonchev–Trinajstić information content (AvgIpc) is 2.33. The van der Waals surface area contributed by atoms with E-state index in [-0.39, 0.29) is 6.42 Å². The lowest BCUT2D eigenvalue weighted by molar-refractivity contribution is -0.137. The van der Waals surface area contributed by atoms with Crippen molar-refractivity contribution in [2.24, 2.45) is 0 Å². The van der Waals surface area contributed by atoms with Crippen molar-refractivity contribution in [2.45, 2.75) is 12.6 Å². The van der Waals surface area contributed by atoms with Crippen LogP contribution in [0.2, 0.25) is 10.0 Å². The zero-order valence-corrected chi connectivity index (χ0v) is 11.0. The van der Waals surface area contributed by atoms with Crippen LogP contribution in [0.4, 0.5) is 13.2 Å². The van der Waals surface area contributed by atoms with Crippen LogP contribution in [0.3, 0.4) is 0 Å². The van der Waals surface area contributed by atoms with E-state index in [0.717, 1.165) is 12.1 Å². The molecule has 2 aromatic rings. The van der Waals surface area contributed by atoms with Crippen LogP contribution in [0.5, 0.6) is 0 Å². The molecule has 0 N–H and O–H groups in total. The molecule has 0 aliphatic heterocycles. The van der Waals surface area contributed by atoms with Gasteiger partial charge in [-0.15, -0.1) is 0 Å².